The largest absolute Gasteiger partial charge is 0.454 e. The van der Waals surface area contributed by atoms with Crippen molar-refractivity contribution in [2.75, 3.05) is 13.3 Å². The Labute approximate surface area is 170 Å². The molecule has 2 heterocycles. The molecule has 0 bridgehead atoms. The summed E-state index contributed by atoms with van der Waals surface area (Å²) in [5.41, 5.74) is 1.98. The quantitative estimate of drug-likeness (QED) is 0.839. The average molecular weight is 394 g/mol. The molecular formula is C23H26N2O4. The van der Waals surface area contributed by atoms with Gasteiger partial charge in [0.25, 0.3) is 11.8 Å². The Morgan fingerprint density at radius 1 is 1.07 bits per heavy atom. The molecule has 4 rings (SSSR count). The van der Waals surface area contributed by atoms with E-state index in [9.17, 15) is 9.59 Å². The van der Waals surface area contributed by atoms with Crippen LogP contribution in [0.5, 0.6) is 11.5 Å². The number of hydrogen-bond donors (Lipinski definition) is 1. The Kier molecular flexibility index (Phi) is 5.69. The maximum absolute atomic E-state index is 13.0. The van der Waals surface area contributed by atoms with Crippen molar-refractivity contribution in [1.82, 2.24) is 10.2 Å². The van der Waals surface area contributed by atoms with Crippen LogP contribution in [-0.4, -0.2) is 36.1 Å². The average Bonchev–Trinajstić information content (AvgIpc) is 3.25. The van der Waals surface area contributed by atoms with Crippen molar-refractivity contribution in [2.24, 2.45) is 0 Å². The molecule has 2 aliphatic heterocycles. The van der Waals surface area contributed by atoms with E-state index < -0.39 is 0 Å². The topological polar surface area (TPSA) is 67.9 Å². The molecule has 1 atom stereocenters. The van der Waals surface area contributed by atoms with E-state index in [1.807, 2.05) is 23.1 Å². The number of fused-ring (bicyclic) bond motifs is 1. The van der Waals surface area contributed by atoms with Gasteiger partial charge in [0.15, 0.2) is 11.5 Å². The summed E-state index contributed by atoms with van der Waals surface area (Å²) in [6, 6.07) is 12.9. The number of piperidine rings is 1. The Morgan fingerprint density at radius 2 is 1.90 bits per heavy atom. The van der Waals surface area contributed by atoms with Crippen LogP contribution in [0.4, 0.5) is 0 Å². The van der Waals surface area contributed by atoms with Crippen LogP contribution in [0.25, 0.3) is 0 Å². The zero-order valence-electron chi connectivity index (χ0n) is 16.6. The van der Waals surface area contributed by atoms with Crippen molar-refractivity contribution in [2.45, 2.75) is 45.2 Å². The Morgan fingerprint density at radius 3 is 2.76 bits per heavy atom. The van der Waals surface area contributed by atoms with Crippen molar-refractivity contribution in [3.63, 3.8) is 0 Å². The van der Waals surface area contributed by atoms with Crippen molar-refractivity contribution in [3.8, 4) is 11.5 Å². The molecule has 2 aliphatic rings. The third-order valence-corrected chi connectivity index (χ3v) is 5.62. The molecule has 0 aliphatic carbocycles. The number of carbonyl (C=O) groups is 2. The maximum atomic E-state index is 13.0. The van der Waals surface area contributed by atoms with E-state index in [4.69, 9.17) is 9.47 Å². The van der Waals surface area contributed by atoms with Gasteiger partial charge in [-0.2, -0.15) is 0 Å². The van der Waals surface area contributed by atoms with Crippen LogP contribution in [0.3, 0.4) is 0 Å². The minimum Gasteiger partial charge on any atom is -0.454 e. The molecule has 152 valence electrons. The van der Waals surface area contributed by atoms with Crippen molar-refractivity contribution < 1.29 is 19.1 Å². The molecule has 1 saturated heterocycles. The highest BCUT2D eigenvalue weighted by atomic mass is 16.7. The number of carbonyl (C=O) groups excluding carboxylic acids is 2. The third-order valence-electron chi connectivity index (χ3n) is 5.62. The van der Waals surface area contributed by atoms with Gasteiger partial charge in [-0.25, -0.2) is 0 Å². The van der Waals surface area contributed by atoms with Gasteiger partial charge in [-0.1, -0.05) is 19.1 Å². The van der Waals surface area contributed by atoms with Gasteiger partial charge in [0.05, 0.1) is 0 Å². The molecule has 29 heavy (non-hydrogen) atoms. The summed E-state index contributed by atoms with van der Waals surface area (Å²) in [5, 5.41) is 2.91. The highest BCUT2D eigenvalue weighted by Crippen LogP contribution is 2.32. The number of amides is 2. The van der Waals surface area contributed by atoms with Crippen LogP contribution >= 0.6 is 0 Å². The lowest BCUT2D eigenvalue weighted by molar-refractivity contribution is 0.0608. The fraction of sp³-hybridized carbons (Fsp3) is 0.391. The van der Waals surface area contributed by atoms with Gasteiger partial charge in [-0.15, -0.1) is 0 Å². The van der Waals surface area contributed by atoms with Gasteiger partial charge >= 0.3 is 0 Å². The van der Waals surface area contributed by atoms with Crippen molar-refractivity contribution >= 4 is 11.8 Å². The summed E-state index contributed by atoms with van der Waals surface area (Å²) >= 11 is 0. The number of ether oxygens (including phenoxy) is 2. The standard InChI is InChI=1S/C23H26N2O4/c1-2-19-8-3-4-11-25(19)23(27)18-7-5-6-17(13-18)22(26)24-14-16-9-10-20-21(12-16)29-15-28-20/h5-7,9-10,12-13,19H,2-4,8,11,14-15H2,1H3,(H,24,26). The zero-order chi connectivity index (χ0) is 20.2. The molecule has 2 aromatic rings. The first-order valence-corrected chi connectivity index (χ1v) is 10.2. The van der Waals surface area contributed by atoms with E-state index in [2.05, 4.69) is 12.2 Å². The van der Waals surface area contributed by atoms with Gasteiger partial charge in [0.1, 0.15) is 0 Å². The lowest BCUT2D eigenvalue weighted by Gasteiger charge is -2.35. The number of benzene rings is 2. The summed E-state index contributed by atoms with van der Waals surface area (Å²) in [6.07, 6.45) is 4.22. The summed E-state index contributed by atoms with van der Waals surface area (Å²) < 4.78 is 10.7. The molecule has 6 heteroatoms. The maximum Gasteiger partial charge on any atom is 0.254 e. The third kappa shape index (κ3) is 4.21. The SMILES string of the molecule is CCC1CCCCN1C(=O)c1cccc(C(=O)NCc2ccc3c(c2)OCO3)c1. The molecule has 2 aromatic carbocycles. The highest BCUT2D eigenvalue weighted by Gasteiger charge is 2.26. The first kappa shape index (κ1) is 19.3. The second-order valence-electron chi connectivity index (χ2n) is 7.51. The predicted octanol–water partition coefficient (Wildman–Crippen LogP) is 3.75. The first-order chi connectivity index (χ1) is 14.2. The van der Waals surface area contributed by atoms with Gasteiger partial charge in [-0.3, -0.25) is 9.59 Å². The smallest absolute Gasteiger partial charge is 0.254 e. The summed E-state index contributed by atoms with van der Waals surface area (Å²) in [5.74, 6) is 1.22. The number of nitrogens with zero attached hydrogens (tertiary/aromatic N) is 1. The van der Waals surface area contributed by atoms with Crippen LogP contribution in [0.15, 0.2) is 42.5 Å². The predicted molar refractivity (Wildman–Crippen MR) is 109 cm³/mol. The molecule has 2 amide bonds. The molecule has 1 fully saturated rings. The van der Waals surface area contributed by atoms with Crippen LogP contribution in [0.2, 0.25) is 0 Å². The normalized spacial score (nSPS) is 17.8. The van der Waals surface area contributed by atoms with Crippen LogP contribution < -0.4 is 14.8 Å². The minimum absolute atomic E-state index is 0.0157. The minimum atomic E-state index is -0.206. The number of rotatable bonds is 5. The lowest BCUT2D eigenvalue weighted by atomic mass is 9.98. The highest BCUT2D eigenvalue weighted by molar-refractivity contribution is 5.99. The van der Waals surface area contributed by atoms with E-state index in [-0.39, 0.29) is 18.6 Å². The molecule has 0 spiro atoms. The van der Waals surface area contributed by atoms with Crippen LogP contribution in [0, 0.1) is 0 Å². The van der Waals surface area contributed by atoms with Crippen molar-refractivity contribution in [1.29, 1.82) is 0 Å². The van der Waals surface area contributed by atoms with E-state index in [0.717, 1.165) is 37.1 Å². The van der Waals surface area contributed by atoms with E-state index in [1.165, 1.54) is 6.42 Å². The van der Waals surface area contributed by atoms with Gasteiger partial charge in [-0.05, 0) is 61.6 Å². The van der Waals surface area contributed by atoms with E-state index in [1.54, 1.807) is 24.3 Å². The fourth-order valence-electron chi connectivity index (χ4n) is 3.99. The molecule has 6 nitrogen and oxygen atoms in total. The summed E-state index contributed by atoms with van der Waals surface area (Å²) in [7, 11) is 0. The van der Waals surface area contributed by atoms with Crippen LogP contribution in [-0.2, 0) is 6.54 Å². The molecule has 0 radical (unpaired) electrons. The second kappa shape index (κ2) is 8.55. The van der Waals surface area contributed by atoms with E-state index in [0.29, 0.717) is 29.5 Å². The zero-order valence-corrected chi connectivity index (χ0v) is 16.6. The summed E-state index contributed by atoms with van der Waals surface area (Å²) in [4.78, 5) is 27.6. The molecule has 1 unspecified atom stereocenters. The number of likely N-dealkylation sites (tertiary alicyclic amines) is 1. The number of hydrogen-bond acceptors (Lipinski definition) is 4. The Bertz CT molecular complexity index is 912. The summed E-state index contributed by atoms with van der Waals surface area (Å²) in [6.45, 7) is 3.51. The second-order valence-corrected chi connectivity index (χ2v) is 7.51. The van der Waals surface area contributed by atoms with Gasteiger partial charge in [0, 0.05) is 30.3 Å². The van der Waals surface area contributed by atoms with Gasteiger partial charge < -0.3 is 19.7 Å². The molecule has 0 saturated carbocycles. The Hall–Kier alpha value is -3.02. The number of nitrogens with one attached hydrogen (secondary N) is 1. The van der Waals surface area contributed by atoms with Crippen LogP contribution in [0.1, 0.15) is 58.9 Å². The van der Waals surface area contributed by atoms with E-state index >= 15 is 0 Å². The van der Waals surface area contributed by atoms with Crippen molar-refractivity contribution in [3.05, 3.63) is 59.2 Å². The monoisotopic (exact) mass is 394 g/mol. The Balaban J connectivity index is 1.42. The molecule has 1 N–H and O–H groups in total. The lowest BCUT2D eigenvalue weighted by Crippen LogP contribution is -2.43. The molecular weight excluding hydrogens is 368 g/mol. The molecule has 0 aromatic heterocycles. The van der Waals surface area contributed by atoms with Gasteiger partial charge in [0.2, 0.25) is 6.79 Å². The fourth-order valence-corrected chi connectivity index (χ4v) is 3.99. The first-order valence-electron chi connectivity index (χ1n) is 10.2.